The highest BCUT2D eigenvalue weighted by atomic mass is 14.8. The largest absolute Gasteiger partial charge is 0.232 e. The minimum atomic E-state index is -0.0242. The second-order valence-electron chi connectivity index (χ2n) is 9.86. The van der Waals surface area contributed by atoms with Gasteiger partial charge in [0.25, 0.3) is 0 Å². The lowest BCUT2D eigenvalue weighted by atomic mass is 9.83. The van der Waals surface area contributed by atoms with Crippen LogP contribution in [0.4, 0.5) is 0 Å². The van der Waals surface area contributed by atoms with Gasteiger partial charge in [0.2, 0.25) is 0 Å². The number of fused-ring (bicyclic) bond motifs is 6. The van der Waals surface area contributed by atoms with Gasteiger partial charge in [0.15, 0.2) is 11.4 Å². The third-order valence-corrected chi connectivity index (χ3v) is 5.68. The van der Waals surface area contributed by atoms with E-state index in [1.807, 2.05) is 12.1 Å². The quantitative estimate of drug-likeness (QED) is 0.330. The molecule has 4 aromatic rings. The average molecular weight is 393 g/mol. The maximum Gasteiger partial charge on any atom is 0.177 e. The summed E-state index contributed by atoms with van der Waals surface area (Å²) < 4.78 is 0. The molecule has 0 aliphatic carbocycles. The Balaban J connectivity index is 2.28. The molecule has 0 saturated carbocycles. The van der Waals surface area contributed by atoms with Crippen molar-refractivity contribution in [3.63, 3.8) is 0 Å². The molecule has 0 atom stereocenters. The van der Waals surface area contributed by atoms with E-state index in [0.29, 0.717) is 11.0 Å². The van der Waals surface area contributed by atoms with Crippen molar-refractivity contribution < 1.29 is 0 Å². The highest BCUT2D eigenvalue weighted by molar-refractivity contribution is 6.23. The SMILES string of the molecule is CC(C)(C)c1ccc2c3ccc(C(C)(C)C)cc3c3nc(C#N)c(C#N)nc3c2c1. The summed E-state index contributed by atoms with van der Waals surface area (Å²) in [5.74, 6) is 0. The van der Waals surface area contributed by atoms with Crippen LogP contribution in [0.15, 0.2) is 36.4 Å². The highest BCUT2D eigenvalue weighted by Gasteiger charge is 2.21. The lowest BCUT2D eigenvalue weighted by molar-refractivity contribution is 0.590. The van der Waals surface area contributed by atoms with E-state index in [9.17, 15) is 10.5 Å². The van der Waals surface area contributed by atoms with Crippen molar-refractivity contribution in [2.24, 2.45) is 0 Å². The molecule has 0 aliphatic heterocycles. The van der Waals surface area contributed by atoms with Gasteiger partial charge in [0.05, 0.1) is 11.0 Å². The van der Waals surface area contributed by atoms with Gasteiger partial charge in [-0.2, -0.15) is 10.5 Å². The van der Waals surface area contributed by atoms with Crippen LogP contribution in [0.1, 0.15) is 64.1 Å². The summed E-state index contributed by atoms with van der Waals surface area (Å²) in [5.41, 5.74) is 3.80. The Bertz CT molecular complexity index is 1310. The summed E-state index contributed by atoms with van der Waals surface area (Å²) in [5, 5.41) is 23.1. The van der Waals surface area contributed by atoms with Crippen LogP contribution in [0.25, 0.3) is 32.6 Å². The molecule has 4 rings (SSSR count). The maximum atomic E-state index is 9.53. The Morgan fingerprint density at radius 2 is 0.967 bits per heavy atom. The minimum absolute atomic E-state index is 0.0242. The van der Waals surface area contributed by atoms with Gasteiger partial charge < -0.3 is 0 Å². The first-order valence-corrected chi connectivity index (χ1v) is 10.1. The molecule has 30 heavy (non-hydrogen) atoms. The first-order chi connectivity index (χ1) is 14.0. The zero-order chi connectivity index (χ0) is 21.8. The van der Waals surface area contributed by atoms with E-state index in [1.165, 1.54) is 11.1 Å². The number of aromatic nitrogens is 2. The van der Waals surface area contributed by atoms with E-state index in [1.54, 1.807) is 0 Å². The summed E-state index contributed by atoms with van der Waals surface area (Å²) in [6.45, 7) is 13.0. The van der Waals surface area contributed by atoms with Gasteiger partial charge in [-0.1, -0.05) is 65.8 Å². The van der Waals surface area contributed by atoms with Gasteiger partial charge in [0, 0.05) is 10.8 Å². The van der Waals surface area contributed by atoms with Gasteiger partial charge in [-0.15, -0.1) is 0 Å². The van der Waals surface area contributed by atoms with Crippen LogP contribution in [0.3, 0.4) is 0 Å². The first kappa shape index (κ1) is 19.8. The predicted octanol–water partition coefficient (Wildman–Crippen LogP) is 6.27. The van der Waals surface area contributed by atoms with Crippen LogP contribution in [-0.2, 0) is 10.8 Å². The molecular weight excluding hydrogens is 368 g/mol. The Kier molecular flexibility index (Phi) is 4.29. The molecule has 0 aliphatic rings. The van der Waals surface area contributed by atoms with Crippen molar-refractivity contribution in [2.45, 2.75) is 52.4 Å². The van der Waals surface area contributed by atoms with Crippen LogP contribution in [0, 0.1) is 22.7 Å². The van der Waals surface area contributed by atoms with Gasteiger partial charge in [-0.05, 0) is 44.9 Å². The fraction of sp³-hybridized carbons (Fsp3) is 0.308. The van der Waals surface area contributed by atoms with Crippen LogP contribution < -0.4 is 0 Å². The van der Waals surface area contributed by atoms with Crippen molar-refractivity contribution in [3.8, 4) is 12.1 Å². The summed E-state index contributed by atoms with van der Waals surface area (Å²) >= 11 is 0. The molecule has 1 aromatic heterocycles. The fourth-order valence-corrected chi connectivity index (χ4v) is 3.85. The molecule has 1 heterocycles. The molecule has 0 spiro atoms. The van der Waals surface area contributed by atoms with E-state index >= 15 is 0 Å². The average Bonchev–Trinajstić information content (AvgIpc) is 2.70. The van der Waals surface area contributed by atoms with Crippen molar-refractivity contribution in [2.75, 3.05) is 0 Å². The second-order valence-corrected chi connectivity index (χ2v) is 9.86. The molecule has 0 amide bonds. The van der Waals surface area contributed by atoms with Crippen LogP contribution in [0.5, 0.6) is 0 Å². The number of rotatable bonds is 0. The van der Waals surface area contributed by atoms with E-state index in [0.717, 1.165) is 21.5 Å². The number of benzene rings is 3. The molecular formula is C26H24N4. The highest BCUT2D eigenvalue weighted by Crippen LogP contribution is 2.38. The van der Waals surface area contributed by atoms with E-state index in [4.69, 9.17) is 0 Å². The van der Waals surface area contributed by atoms with E-state index in [-0.39, 0.29) is 22.2 Å². The Hall–Kier alpha value is -3.50. The fourth-order valence-electron chi connectivity index (χ4n) is 3.85. The molecule has 0 saturated heterocycles. The zero-order valence-corrected chi connectivity index (χ0v) is 18.3. The number of hydrogen-bond donors (Lipinski definition) is 0. The van der Waals surface area contributed by atoms with Crippen molar-refractivity contribution >= 4 is 32.6 Å². The van der Waals surface area contributed by atoms with Gasteiger partial charge in [-0.25, -0.2) is 9.97 Å². The second kappa shape index (κ2) is 6.51. The van der Waals surface area contributed by atoms with Crippen molar-refractivity contribution in [1.29, 1.82) is 10.5 Å². The third kappa shape index (κ3) is 3.06. The first-order valence-electron chi connectivity index (χ1n) is 10.1. The lowest BCUT2D eigenvalue weighted by Crippen LogP contribution is -2.11. The molecule has 3 aromatic carbocycles. The number of hydrogen-bond acceptors (Lipinski definition) is 4. The van der Waals surface area contributed by atoms with Crippen molar-refractivity contribution in [1.82, 2.24) is 9.97 Å². The smallest absolute Gasteiger partial charge is 0.177 e. The van der Waals surface area contributed by atoms with E-state index in [2.05, 4.69) is 87.9 Å². The normalized spacial score (nSPS) is 12.3. The molecule has 0 bridgehead atoms. The Morgan fingerprint density at radius 1 is 0.600 bits per heavy atom. The summed E-state index contributed by atoms with van der Waals surface area (Å²) in [6.07, 6.45) is 0. The summed E-state index contributed by atoms with van der Waals surface area (Å²) in [4.78, 5) is 9.22. The number of nitrogens with zero attached hydrogens (tertiary/aromatic N) is 4. The standard InChI is InChI=1S/C26H24N4/c1-25(2,3)15-7-9-17-18-10-8-16(26(4,5)6)12-20(18)24-23(19(17)11-15)29-21(13-27)22(14-28)30-24/h7-12H,1-6H3. The van der Waals surface area contributed by atoms with Crippen molar-refractivity contribution in [3.05, 3.63) is 58.9 Å². The molecule has 4 nitrogen and oxygen atoms in total. The molecule has 0 unspecified atom stereocenters. The molecule has 4 heteroatoms. The van der Waals surface area contributed by atoms with E-state index < -0.39 is 0 Å². The van der Waals surface area contributed by atoms with Crippen LogP contribution >= 0.6 is 0 Å². The Morgan fingerprint density at radius 3 is 1.27 bits per heavy atom. The summed E-state index contributed by atoms with van der Waals surface area (Å²) in [6, 6.07) is 17.0. The number of nitriles is 2. The third-order valence-electron chi connectivity index (χ3n) is 5.68. The minimum Gasteiger partial charge on any atom is -0.232 e. The van der Waals surface area contributed by atoms with Crippen LogP contribution in [-0.4, -0.2) is 9.97 Å². The molecule has 0 fully saturated rings. The van der Waals surface area contributed by atoms with Gasteiger partial charge in [-0.3, -0.25) is 0 Å². The zero-order valence-electron chi connectivity index (χ0n) is 18.3. The maximum absolute atomic E-state index is 9.53. The summed E-state index contributed by atoms with van der Waals surface area (Å²) in [7, 11) is 0. The van der Waals surface area contributed by atoms with Crippen LogP contribution in [0.2, 0.25) is 0 Å². The monoisotopic (exact) mass is 392 g/mol. The topological polar surface area (TPSA) is 73.4 Å². The van der Waals surface area contributed by atoms with Gasteiger partial charge in [0.1, 0.15) is 12.1 Å². The predicted molar refractivity (Wildman–Crippen MR) is 121 cm³/mol. The molecule has 148 valence electrons. The lowest BCUT2D eigenvalue weighted by Gasteiger charge is -2.22. The molecule has 0 radical (unpaired) electrons. The van der Waals surface area contributed by atoms with Gasteiger partial charge >= 0.3 is 0 Å². The molecule has 0 N–H and O–H groups in total. The Labute approximate surface area is 176 Å².